The molecule has 1 atom stereocenters. The molecule has 3 heteroatoms. The Hall–Kier alpha value is -1.74. The van der Waals surface area contributed by atoms with Crippen LogP contribution in [0.15, 0.2) is 24.3 Å². The summed E-state index contributed by atoms with van der Waals surface area (Å²) in [6, 6.07) is 7.25. The molecule has 88 valence electrons. The fourth-order valence-corrected chi connectivity index (χ4v) is 2.64. The van der Waals surface area contributed by atoms with E-state index in [1.165, 1.54) is 0 Å². The van der Waals surface area contributed by atoms with Crippen LogP contribution in [0.2, 0.25) is 0 Å². The zero-order valence-electron chi connectivity index (χ0n) is 9.35. The van der Waals surface area contributed by atoms with Gasteiger partial charge >= 0.3 is 0 Å². The van der Waals surface area contributed by atoms with Crippen molar-refractivity contribution < 1.29 is 15.3 Å². The van der Waals surface area contributed by atoms with Gasteiger partial charge in [0.25, 0.3) is 0 Å². The lowest BCUT2D eigenvalue weighted by Crippen LogP contribution is -2.18. The van der Waals surface area contributed by atoms with Gasteiger partial charge in [-0.05, 0) is 12.8 Å². The molecule has 0 saturated carbocycles. The minimum absolute atomic E-state index is 0.201. The zero-order valence-corrected chi connectivity index (χ0v) is 9.35. The number of aliphatic hydroxyl groups is 1. The molecule has 3 rings (SSSR count). The Balaban J connectivity index is 2.37. The first kappa shape index (κ1) is 10.4. The van der Waals surface area contributed by atoms with Crippen LogP contribution in [0.3, 0.4) is 0 Å². The van der Waals surface area contributed by atoms with E-state index in [1.54, 1.807) is 12.1 Å². The van der Waals surface area contributed by atoms with Gasteiger partial charge in [0, 0.05) is 28.3 Å². The summed E-state index contributed by atoms with van der Waals surface area (Å²) >= 11 is 0. The topological polar surface area (TPSA) is 60.7 Å². The molecule has 1 aliphatic carbocycles. The largest absolute Gasteiger partial charge is 0.507 e. The van der Waals surface area contributed by atoms with Gasteiger partial charge in [0.15, 0.2) is 0 Å². The number of phenolic OH excluding ortho intramolecular Hbond substituents is 2. The molecule has 0 fully saturated rings. The summed E-state index contributed by atoms with van der Waals surface area (Å²) in [4.78, 5) is 0. The highest BCUT2D eigenvalue weighted by molar-refractivity contribution is 5.95. The summed E-state index contributed by atoms with van der Waals surface area (Å²) in [5.41, 5.74) is 1.48. The summed E-state index contributed by atoms with van der Waals surface area (Å²) in [7, 11) is 0. The first-order chi connectivity index (χ1) is 8.18. The molecule has 0 bridgehead atoms. The molecule has 0 aromatic heterocycles. The van der Waals surface area contributed by atoms with E-state index in [4.69, 9.17) is 0 Å². The monoisotopic (exact) mass is 230 g/mol. The van der Waals surface area contributed by atoms with E-state index in [-0.39, 0.29) is 11.5 Å². The average molecular weight is 230 g/mol. The van der Waals surface area contributed by atoms with Crippen LogP contribution in [0, 0.1) is 0 Å². The predicted molar refractivity (Wildman–Crippen MR) is 65.3 cm³/mol. The molecular formula is C14H14O3. The molecule has 1 unspecified atom stereocenters. The molecule has 2 aromatic rings. The highest BCUT2D eigenvalue weighted by Crippen LogP contribution is 2.42. The predicted octanol–water partition coefficient (Wildman–Crippen LogP) is 2.10. The van der Waals surface area contributed by atoms with Crippen molar-refractivity contribution in [1.29, 1.82) is 0 Å². The maximum atomic E-state index is 10.2. The van der Waals surface area contributed by atoms with Gasteiger partial charge in [-0.3, -0.25) is 0 Å². The Morgan fingerprint density at radius 1 is 0.941 bits per heavy atom. The van der Waals surface area contributed by atoms with E-state index in [0.29, 0.717) is 35.6 Å². The van der Waals surface area contributed by atoms with Crippen LogP contribution < -0.4 is 0 Å². The minimum atomic E-state index is -0.422. The molecule has 0 heterocycles. The van der Waals surface area contributed by atoms with Crippen molar-refractivity contribution in [3.63, 3.8) is 0 Å². The van der Waals surface area contributed by atoms with Crippen molar-refractivity contribution in [2.75, 3.05) is 0 Å². The molecule has 2 aromatic carbocycles. The second-order valence-electron chi connectivity index (χ2n) is 4.60. The van der Waals surface area contributed by atoms with E-state index < -0.39 is 6.10 Å². The van der Waals surface area contributed by atoms with Gasteiger partial charge in [0.1, 0.15) is 11.5 Å². The lowest BCUT2D eigenvalue weighted by Gasteiger charge is -2.23. The van der Waals surface area contributed by atoms with Crippen LogP contribution in [0.5, 0.6) is 11.5 Å². The summed E-state index contributed by atoms with van der Waals surface area (Å²) in [6.07, 6.45) is 1.24. The maximum absolute atomic E-state index is 10.2. The van der Waals surface area contributed by atoms with Gasteiger partial charge in [-0.2, -0.15) is 0 Å². The van der Waals surface area contributed by atoms with Crippen LogP contribution in [-0.2, 0) is 12.8 Å². The first-order valence-electron chi connectivity index (χ1n) is 5.81. The summed E-state index contributed by atoms with van der Waals surface area (Å²) < 4.78 is 0. The van der Waals surface area contributed by atoms with Crippen molar-refractivity contribution >= 4 is 10.8 Å². The molecular weight excluding hydrogens is 216 g/mol. The van der Waals surface area contributed by atoms with Crippen molar-refractivity contribution in [3.8, 4) is 11.5 Å². The maximum Gasteiger partial charge on any atom is 0.127 e. The van der Waals surface area contributed by atoms with Crippen LogP contribution in [0.25, 0.3) is 10.8 Å². The number of aromatic hydroxyl groups is 2. The van der Waals surface area contributed by atoms with Gasteiger partial charge < -0.3 is 15.3 Å². The number of aliphatic hydroxyl groups excluding tert-OH is 1. The first-order valence-corrected chi connectivity index (χ1v) is 5.81. The minimum Gasteiger partial charge on any atom is -0.507 e. The Morgan fingerprint density at radius 3 is 2.18 bits per heavy atom. The Morgan fingerprint density at radius 2 is 1.53 bits per heavy atom. The molecule has 0 radical (unpaired) electrons. The van der Waals surface area contributed by atoms with E-state index >= 15 is 0 Å². The smallest absolute Gasteiger partial charge is 0.127 e. The number of fused-ring (bicyclic) bond motifs is 2. The molecule has 0 spiro atoms. The van der Waals surface area contributed by atoms with Gasteiger partial charge in [-0.15, -0.1) is 0 Å². The summed E-state index contributed by atoms with van der Waals surface area (Å²) in [6.45, 7) is 0. The Labute approximate surface area is 98.9 Å². The SMILES string of the molecule is Oc1c2c(c(O)c3ccccc13)CC(O)CC2. The third kappa shape index (κ3) is 1.46. The number of hydrogen-bond donors (Lipinski definition) is 3. The number of benzene rings is 2. The standard InChI is InChI=1S/C14H14O3/c15-8-5-6-11-12(7-8)14(17)10-4-2-1-3-9(10)13(11)16/h1-4,8,15-17H,5-7H2. The zero-order chi connectivity index (χ0) is 12.0. The van der Waals surface area contributed by atoms with Gasteiger partial charge in [0.2, 0.25) is 0 Å². The Bertz CT molecular complexity index is 590. The Kier molecular flexibility index (Phi) is 2.23. The van der Waals surface area contributed by atoms with Crippen LogP contribution in [0.1, 0.15) is 17.5 Å². The lowest BCUT2D eigenvalue weighted by molar-refractivity contribution is 0.157. The quantitative estimate of drug-likeness (QED) is 0.607. The normalized spacial score (nSPS) is 19.2. The van der Waals surface area contributed by atoms with Crippen LogP contribution in [0.4, 0.5) is 0 Å². The highest BCUT2D eigenvalue weighted by Gasteiger charge is 2.24. The third-order valence-corrected chi connectivity index (χ3v) is 3.54. The van der Waals surface area contributed by atoms with E-state index in [0.717, 1.165) is 5.56 Å². The van der Waals surface area contributed by atoms with E-state index in [2.05, 4.69) is 0 Å². The average Bonchev–Trinajstić information content (AvgIpc) is 2.36. The number of phenols is 2. The van der Waals surface area contributed by atoms with Gasteiger partial charge in [-0.25, -0.2) is 0 Å². The number of hydrogen-bond acceptors (Lipinski definition) is 3. The van der Waals surface area contributed by atoms with Crippen molar-refractivity contribution in [1.82, 2.24) is 0 Å². The van der Waals surface area contributed by atoms with E-state index in [9.17, 15) is 15.3 Å². The molecule has 0 aliphatic heterocycles. The third-order valence-electron chi connectivity index (χ3n) is 3.54. The molecule has 3 N–H and O–H groups in total. The van der Waals surface area contributed by atoms with Crippen LogP contribution >= 0.6 is 0 Å². The molecule has 17 heavy (non-hydrogen) atoms. The second kappa shape index (κ2) is 3.64. The van der Waals surface area contributed by atoms with E-state index in [1.807, 2.05) is 12.1 Å². The van der Waals surface area contributed by atoms with Crippen molar-refractivity contribution in [2.24, 2.45) is 0 Å². The molecule has 0 saturated heterocycles. The van der Waals surface area contributed by atoms with Crippen LogP contribution in [-0.4, -0.2) is 21.4 Å². The van der Waals surface area contributed by atoms with Crippen molar-refractivity contribution in [3.05, 3.63) is 35.4 Å². The highest BCUT2D eigenvalue weighted by atomic mass is 16.3. The molecule has 3 nitrogen and oxygen atoms in total. The summed E-state index contributed by atoms with van der Waals surface area (Å²) in [5.74, 6) is 0.451. The fraction of sp³-hybridized carbons (Fsp3) is 0.286. The molecule has 0 amide bonds. The lowest BCUT2D eigenvalue weighted by atomic mass is 9.86. The van der Waals surface area contributed by atoms with Crippen molar-refractivity contribution in [2.45, 2.75) is 25.4 Å². The number of rotatable bonds is 0. The van der Waals surface area contributed by atoms with Gasteiger partial charge in [-0.1, -0.05) is 24.3 Å². The molecule has 1 aliphatic rings. The summed E-state index contributed by atoms with van der Waals surface area (Å²) in [5, 5.41) is 31.4. The fourth-order valence-electron chi connectivity index (χ4n) is 2.64. The van der Waals surface area contributed by atoms with Gasteiger partial charge in [0.05, 0.1) is 6.10 Å². The second-order valence-corrected chi connectivity index (χ2v) is 4.60.